The molecule has 0 unspecified atom stereocenters. The number of nitrogens with two attached hydrogens (primary N) is 1. The topological polar surface area (TPSA) is 58.4 Å². The van der Waals surface area contributed by atoms with E-state index in [-0.39, 0.29) is 5.91 Å². The van der Waals surface area contributed by atoms with E-state index in [0.717, 1.165) is 24.5 Å². The van der Waals surface area contributed by atoms with Crippen molar-refractivity contribution in [3.05, 3.63) is 23.8 Å². The van der Waals surface area contributed by atoms with Gasteiger partial charge >= 0.3 is 0 Å². The number of hydrogen-bond acceptors (Lipinski definition) is 3. The van der Waals surface area contributed by atoms with Crippen molar-refractivity contribution in [1.29, 1.82) is 0 Å². The predicted molar refractivity (Wildman–Crippen MR) is 84.1 cm³/mol. The molecule has 4 nitrogen and oxygen atoms in total. The molecule has 1 aliphatic rings. The second kappa shape index (κ2) is 5.73. The van der Waals surface area contributed by atoms with E-state index in [1.807, 2.05) is 12.1 Å². The lowest BCUT2D eigenvalue weighted by Gasteiger charge is -2.28. The Morgan fingerprint density at radius 3 is 2.65 bits per heavy atom. The molecule has 0 spiro atoms. The number of anilines is 2. The Morgan fingerprint density at radius 2 is 2.10 bits per heavy atom. The van der Waals surface area contributed by atoms with Crippen molar-refractivity contribution in [3.63, 3.8) is 0 Å². The quantitative estimate of drug-likeness (QED) is 0.831. The van der Waals surface area contributed by atoms with Gasteiger partial charge in [-0.1, -0.05) is 13.8 Å². The summed E-state index contributed by atoms with van der Waals surface area (Å²) < 4.78 is 0. The number of amides is 1. The van der Waals surface area contributed by atoms with Gasteiger partial charge in [0.2, 0.25) is 0 Å². The van der Waals surface area contributed by atoms with Gasteiger partial charge in [-0.25, -0.2) is 0 Å². The van der Waals surface area contributed by atoms with Crippen LogP contribution >= 0.6 is 0 Å². The van der Waals surface area contributed by atoms with Gasteiger partial charge in [-0.05, 0) is 42.9 Å². The summed E-state index contributed by atoms with van der Waals surface area (Å²) in [4.78, 5) is 14.1. The first kappa shape index (κ1) is 14.7. The first-order chi connectivity index (χ1) is 9.55. The van der Waals surface area contributed by atoms with Gasteiger partial charge in [0, 0.05) is 25.7 Å². The molecule has 0 bridgehead atoms. The van der Waals surface area contributed by atoms with Gasteiger partial charge in [0.05, 0.1) is 11.4 Å². The Hall–Kier alpha value is -1.71. The third-order valence-electron chi connectivity index (χ3n) is 4.80. The molecular weight excluding hydrogens is 250 g/mol. The van der Waals surface area contributed by atoms with E-state index < -0.39 is 0 Å². The highest BCUT2D eigenvalue weighted by Gasteiger charge is 2.35. The van der Waals surface area contributed by atoms with Crippen LogP contribution < -0.4 is 16.0 Å². The van der Waals surface area contributed by atoms with E-state index >= 15 is 0 Å². The molecule has 0 atom stereocenters. The van der Waals surface area contributed by atoms with E-state index in [9.17, 15) is 4.79 Å². The van der Waals surface area contributed by atoms with E-state index in [4.69, 9.17) is 5.73 Å². The summed E-state index contributed by atoms with van der Waals surface area (Å²) >= 11 is 0. The summed E-state index contributed by atoms with van der Waals surface area (Å²) in [5, 5.41) is 2.66. The molecule has 1 heterocycles. The van der Waals surface area contributed by atoms with Gasteiger partial charge in [-0.2, -0.15) is 0 Å². The van der Waals surface area contributed by atoms with Crippen molar-refractivity contribution in [2.45, 2.75) is 33.1 Å². The molecule has 2 rings (SSSR count). The van der Waals surface area contributed by atoms with Gasteiger partial charge < -0.3 is 16.0 Å². The first-order valence-electron chi connectivity index (χ1n) is 7.42. The molecule has 0 aliphatic carbocycles. The fraction of sp³-hybridized carbons (Fsp3) is 0.562. The second-order valence-electron chi connectivity index (χ2n) is 5.73. The maximum atomic E-state index is 11.8. The smallest absolute Gasteiger partial charge is 0.251 e. The van der Waals surface area contributed by atoms with Crippen molar-refractivity contribution in [2.75, 3.05) is 30.8 Å². The maximum absolute atomic E-state index is 11.8. The van der Waals surface area contributed by atoms with Crippen LogP contribution in [0.4, 0.5) is 11.4 Å². The largest absolute Gasteiger partial charge is 0.397 e. The van der Waals surface area contributed by atoms with Crippen LogP contribution in [-0.4, -0.2) is 26.0 Å². The average molecular weight is 275 g/mol. The molecule has 3 N–H and O–H groups in total. The Kier molecular flexibility index (Phi) is 4.21. The molecule has 1 amide bonds. The van der Waals surface area contributed by atoms with Crippen LogP contribution in [0, 0.1) is 5.41 Å². The standard InChI is InChI=1S/C16H25N3O/c1-4-16(5-2)8-9-19(11-16)14-10-12(15(20)18-3)6-7-13(14)17/h6-7,10H,4-5,8-9,11,17H2,1-3H3,(H,18,20). The number of nitrogens with one attached hydrogen (secondary N) is 1. The zero-order chi connectivity index (χ0) is 14.8. The van der Waals surface area contributed by atoms with Crippen molar-refractivity contribution < 1.29 is 4.79 Å². The predicted octanol–water partition coefficient (Wildman–Crippen LogP) is 2.64. The Labute approximate surface area is 121 Å². The van der Waals surface area contributed by atoms with Crippen LogP contribution in [0.5, 0.6) is 0 Å². The van der Waals surface area contributed by atoms with E-state index in [1.54, 1.807) is 13.1 Å². The van der Waals surface area contributed by atoms with Gasteiger partial charge in [0.15, 0.2) is 0 Å². The minimum Gasteiger partial charge on any atom is -0.397 e. The zero-order valence-electron chi connectivity index (χ0n) is 12.7. The number of hydrogen-bond donors (Lipinski definition) is 2. The fourth-order valence-electron chi connectivity index (χ4n) is 3.07. The Bertz CT molecular complexity index is 494. The molecule has 0 aromatic heterocycles. The molecule has 1 fully saturated rings. The van der Waals surface area contributed by atoms with Crippen LogP contribution in [0.1, 0.15) is 43.5 Å². The van der Waals surface area contributed by atoms with Gasteiger partial charge in [-0.3, -0.25) is 4.79 Å². The summed E-state index contributed by atoms with van der Waals surface area (Å²) in [5.74, 6) is -0.0670. The van der Waals surface area contributed by atoms with Crippen molar-refractivity contribution in [2.24, 2.45) is 5.41 Å². The number of nitrogens with zero attached hydrogens (tertiary/aromatic N) is 1. The minimum atomic E-state index is -0.0670. The van der Waals surface area contributed by atoms with Gasteiger partial charge in [-0.15, -0.1) is 0 Å². The van der Waals surface area contributed by atoms with Crippen LogP contribution in [0.2, 0.25) is 0 Å². The molecule has 4 heteroatoms. The molecule has 0 saturated carbocycles. The highest BCUT2D eigenvalue weighted by Crippen LogP contribution is 2.40. The number of nitrogen functional groups attached to an aromatic ring is 1. The molecule has 1 aliphatic heterocycles. The van der Waals surface area contributed by atoms with E-state index in [2.05, 4.69) is 24.1 Å². The second-order valence-corrected chi connectivity index (χ2v) is 5.73. The molecular formula is C16H25N3O. The molecule has 0 radical (unpaired) electrons. The van der Waals surface area contributed by atoms with Crippen LogP contribution in [0.3, 0.4) is 0 Å². The highest BCUT2D eigenvalue weighted by atomic mass is 16.1. The fourth-order valence-corrected chi connectivity index (χ4v) is 3.07. The van der Waals surface area contributed by atoms with Gasteiger partial charge in [0.25, 0.3) is 5.91 Å². The summed E-state index contributed by atoms with van der Waals surface area (Å²) in [5.41, 5.74) is 8.92. The minimum absolute atomic E-state index is 0.0670. The summed E-state index contributed by atoms with van der Waals surface area (Å²) in [6.45, 7) is 6.57. The Balaban J connectivity index is 2.27. The molecule has 1 aromatic carbocycles. The average Bonchev–Trinajstić information content (AvgIpc) is 2.92. The lowest BCUT2D eigenvalue weighted by Crippen LogP contribution is -2.27. The lowest BCUT2D eigenvalue weighted by molar-refractivity contribution is 0.0963. The third kappa shape index (κ3) is 2.60. The van der Waals surface area contributed by atoms with Crippen molar-refractivity contribution in [3.8, 4) is 0 Å². The number of carbonyl (C=O) groups is 1. The molecule has 20 heavy (non-hydrogen) atoms. The Morgan fingerprint density at radius 1 is 1.40 bits per heavy atom. The normalized spacial score (nSPS) is 17.2. The molecule has 110 valence electrons. The highest BCUT2D eigenvalue weighted by molar-refractivity contribution is 5.96. The van der Waals surface area contributed by atoms with Crippen LogP contribution in [0.25, 0.3) is 0 Å². The number of rotatable bonds is 4. The molecule has 1 aromatic rings. The van der Waals surface area contributed by atoms with Crippen molar-refractivity contribution >= 4 is 17.3 Å². The van der Waals surface area contributed by atoms with E-state index in [1.165, 1.54) is 19.3 Å². The summed E-state index contributed by atoms with van der Waals surface area (Å²) in [7, 11) is 1.65. The van der Waals surface area contributed by atoms with Crippen molar-refractivity contribution in [1.82, 2.24) is 5.32 Å². The lowest BCUT2D eigenvalue weighted by atomic mass is 9.82. The van der Waals surface area contributed by atoms with Crippen LogP contribution in [0.15, 0.2) is 18.2 Å². The maximum Gasteiger partial charge on any atom is 0.251 e. The van der Waals surface area contributed by atoms with Gasteiger partial charge in [0.1, 0.15) is 0 Å². The molecule has 1 saturated heterocycles. The monoisotopic (exact) mass is 275 g/mol. The zero-order valence-corrected chi connectivity index (χ0v) is 12.7. The number of carbonyl (C=O) groups excluding carboxylic acids is 1. The third-order valence-corrected chi connectivity index (χ3v) is 4.80. The summed E-state index contributed by atoms with van der Waals surface area (Å²) in [6.07, 6.45) is 3.58. The first-order valence-corrected chi connectivity index (χ1v) is 7.42. The SMILES string of the molecule is CCC1(CC)CCN(c2cc(C(=O)NC)ccc2N)C1. The van der Waals surface area contributed by atoms with E-state index in [0.29, 0.717) is 11.0 Å². The summed E-state index contributed by atoms with van der Waals surface area (Å²) in [6, 6.07) is 5.52. The number of benzene rings is 1. The van der Waals surface area contributed by atoms with Crippen LogP contribution in [-0.2, 0) is 0 Å².